The maximum atomic E-state index is 12.8. The number of rotatable bonds is 6. The topological polar surface area (TPSA) is 54.9 Å². The summed E-state index contributed by atoms with van der Waals surface area (Å²) in [5.41, 5.74) is 1.86. The molecule has 1 aromatic heterocycles. The maximum Gasteiger partial charge on any atom is 0.230 e. The van der Waals surface area contributed by atoms with Gasteiger partial charge in [-0.05, 0) is 30.2 Å². The van der Waals surface area contributed by atoms with Crippen molar-refractivity contribution in [2.75, 3.05) is 12.3 Å². The molecule has 0 aliphatic rings. The Bertz CT molecular complexity index is 834. The third-order valence-corrected chi connectivity index (χ3v) is 4.50. The second-order valence-corrected chi connectivity index (χ2v) is 6.18. The average molecular weight is 341 g/mol. The quantitative estimate of drug-likeness (QED) is 0.552. The molecular formula is C18H16FN3OS. The highest BCUT2D eigenvalue weighted by Crippen LogP contribution is 2.23. The highest BCUT2D eigenvalue weighted by molar-refractivity contribution is 8.00. The molecule has 0 bridgehead atoms. The number of nitrogens with zero attached hydrogens (tertiary/aromatic N) is 2. The van der Waals surface area contributed by atoms with Gasteiger partial charge in [-0.2, -0.15) is 0 Å². The minimum absolute atomic E-state index is 0.0511. The molecule has 0 fully saturated rings. The number of halogens is 1. The standard InChI is InChI=1S/C18H16FN3OS/c19-14-7-5-13(6-8-14)9-10-20-17(23)11-24-18-15-3-1-2-4-16(15)21-12-22-18/h1-8,12H,9-11H2,(H,20,23). The molecule has 3 rings (SSSR count). The van der Waals surface area contributed by atoms with Gasteiger partial charge in [0, 0.05) is 11.9 Å². The second kappa shape index (κ2) is 7.88. The number of benzene rings is 2. The van der Waals surface area contributed by atoms with Crippen LogP contribution < -0.4 is 5.32 Å². The highest BCUT2D eigenvalue weighted by atomic mass is 32.2. The number of hydrogen-bond acceptors (Lipinski definition) is 4. The lowest BCUT2D eigenvalue weighted by atomic mass is 10.1. The van der Waals surface area contributed by atoms with E-state index in [9.17, 15) is 9.18 Å². The summed E-state index contributed by atoms with van der Waals surface area (Å²) in [6, 6.07) is 14.0. The molecule has 122 valence electrons. The van der Waals surface area contributed by atoms with E-state index in [0.717, 1.165) is 21.5 Å². The van der Waals surface area contributed by atoms with E-state index in [-0.39, 0.29) is 11.7 Å². The SMILES string of the molecule is O=C(CSc1ncnc2ccccc12)NCCc1ccc(F)cc1. The molecule has 0 atom stereocenters. The zero-order chi connectivity index (χ0) is 16.8. The minimum atomic E-state index is -0.253. The highest BCUT2D eigenvalue weighted by Gasteiger charge is 2.07. The Hall–Kier alpha value is -2.47. The van der Waals surface area contributed by atoms with Crippen molar-refractivity contribution in [2.45, 2.75) is 11.4 Å². The van der Waals surface area contributed by atoms with Gasteiger partial charge in [0.1, 0.15) is 17.2 Å². The lowest BCUT2D eigenvalue weighted by Gasteiger charge is -2.06. The molecule has 0 saturated carbocycles. The minimum Gasteiger partial charge on any atom is -0.355 e. The fraction of sp³-hybridized carbons (Fsp3) is 0.167. The van der Waals surface area contributed by atoms with Crippen molar-refractivity contribution < 1.29 is 9.18 Å². The van der Waals surface area contributed by atoms with Crippen LogP contribution in [0.5, 0.6) is 0 Å². The van der Waals surface area contributed by atoms with Gasteiger partial charge in [-0.3, -0.25) is 4.79 Å². The first-order valence-corrected chi connectivity index (χ1v) is 8.54. The van der Waals surface area contributed by atoms with Crippen LogP contribution in [0.25, 0.3) is 10.9 Å². The molecule has 24 heavy (non-hydrogen) atoms. The second-order valence-electron chi connectivity index (χ2n) is 5.21. The van der Waals surface area contributed by atoms with Gasteiger partial charge in [0.15, 0.2) is 0 Å². The number of aromatic nitrogens is 2. The number of nitrogens with one attached hydrogen (secondary N) is 1. The van der Waals surface area contributed by atoms with Gasteiger partial charge in [0.25, 0.3) is 0 Å². The summed E-state index contributed by atoms with van der Waals surface area (Å²) in [4.78, 5) is 20.4. The Morgan fingerprint density at radius 3 is 2.71 bits per heavy atom. The molecule has 0 saturated heterocycles. The third-order valence-electron chi connectivity index (χ3n) is 3.50. The summed E-state index contributed by atoms with van der Waals surface area (Å²) in [7, 11) is 0. The van der Waals surface area contributed by atoms with Crippen molar-refractivity contribution in [1.82, 2.24) is 15.3 Å². The van der Waals surface area contributed by atoms with Crippen molar-refractivity contribution in [3.8, 4) is 0 Å². The number of carbonyl (C=O) groups is 1. The van der Waals surface area contributed by atoms with E-state index < -0.39 is 0 Å². The fourth-order valence-corrected chi connectivity index (χ4v) is 3.10. The van der Waals surface area contributed by atoms with Crippen molar-refractivity contribution in [3.63, 3.8) is 0 Å². The fourth-order valence-electron chi connectivity index (χ4n) is 2.28. The summed E-state index contributed by atoms with van der Waals surface area (Å²) >= 11 is 1.39. The Morgan fingerprint density at radius 2 is 1.88 bits per heavy atom. The molecule has 1 N–H and O–H groups in total. The molecule has 0 unspecified atom stereocenters. The van der Waals surface area contributed by atoms with E-state index in [4.69, 9.17) is 0 Å². The largest absolute Gasteiger partial charge is 0.355 e. The van der Waals surface area contributed by atoms with Crippen LogP contribution in [0.15, 0.2) is 59.9 Å². The Balaban J connectivity index is 1.49. The van der Waals surface area contributed by atoms with Crippen LogP contribution >= 0.6 is 11.8 Å². The van der Waals surface area contributed by atoms with E-state index in [1.54, 1.807) is 12.1 Å². The molecule has 0 radical (unpaired) electrons. The van der Waals surface area contributed by atoms with Crippen molar-refractivity contribution in [3.05, 3.63) is 66.2 Å². The number of thioether (sulfide) groups is 1. The van der Waals surface area contributed by atoms with Gasteiger partial charge in [-0.1, -0.05) is 42.1 Å². The van der Waals surface area contributed by atoms with Crippen LogP contribution in [0.4, 0.5) is 4.39 Å². The molecular weight excluding hydrogens is 325 g/mol. The van der Waals surface area contributed by atoms with Crippen LogP contribution in [0.1, 0.15) is 5.56 Å². The first-order chi connectivity index (χ1) is 11.7. The van der Waals surface area contributed by atoms with E-state index in [1.807, 2.05) is 24.3 Å². The summed E-state index contributed by atoms with van der Waals surface area (Å²) in [6.45, 7) is 0.523. The smallest absolute Gasteiger partial charge is 0.230 e. The molecule has 1 amide bonds. The molecule has 3 aromatic rings. The van der Waals surface area contributed by atoms with Crippen LogP contribution in [-0.2, 0) is 11.2 Å². The molecule has 0 spiro atoms. The molecule has 4 nitrogen and oxygen atoms in total. The lowest BCUT2D eigenvalue weighted by Crippen LogP contribution is -2.27. The van der Waals surface area contributed by atoms with Gasteiger partial charge >= 0.3 is 0 Å². The van der Waals surface area contributed by atoms with Crippen molar-refractivity contribution >= 4 is 28.6 Å². The van der Waals surface area contributed by atoms with Crippen LogP contribution in [0.3, 0.4) is 0 Å². The van der Waals surface area contributed by atoms with Gasteiger partial charge in [-0.25, -0.2) is 14.4 Å². The first kappa shape index (κ1) is 16.4. The van der Waals surface area contributed by atoms with Gasteiger partial charge < -0.3 is 5.32 Å². The first-order valence-electron chi connectivity index (χ1n) is 7.56. The third kappa shape index (κ3) is 4.29. The van der Waals surface area contributed by atoms with Crippen LogP contribution in [0, 0.1) is 5.82 Å². The monoisotopic (exact) mass is 341 g/mol. The molecule has 2 aromatic carbocycles. The van der Waals surface area contributed by atoms with Crippen molar-refractivity contribution in [1.29, 1.82) is 0 Å². The van der Waals surface area contributed by atoms with Crippen molar-refractivity contribution in [2.24, 2.45) is 0 Å². The lowest BCUT2D eigenvalue weighted by molar-refractivity contribution is -0.118. The predicted octanol–water partition coefficient (Wildman–Crippen LogP) is 3.22. The predicted molar refractivity (Wildman–Crippen MR) is 93.4 cm³/mol. The normalized spacial score (nSPS) is 10.7. The number of hydrogen-bond donors (Lipinski definition) is 1. The average Bonchev–Trinajstić information content (AvgIpc) is 2.61. The van der Waals surface area contributed by atoms with E-state index >= 15 is 0 Å². The van der Waals surface area contributed by atoms with Gasteiger partial charge in [0.2, 0.25) is 5.91 Å². The number of para-hydroxylation sites is 1. The number of amides is 1. The Labute approximate surface area is 143 Å². The summed E-state index contributed by atoms with van der Waals surface area (Å²) in [5, 5.41) is 4.62. The molecule has 1 heterocycles. The summed E-state index contributed by atoms with van der Waals surface area (Å²) in [6.07, 6.45) is 2.18. The zero-order valence-electron chi connectivity index (χ0n) is 12.9. The zero-order valence-corrected chi connectivity index (χ0v) is 13.7. The maximum absolute atomic E-state index is 12.8. The van der Waals surface area contributed by atoms with E-state index in [0.29, 0.717) is 18.7 Å². The Kier molecular flexibility index (Phi) is 5.38. The summed E-state index contributed by atoms with van der Waals surface area (Å²) in [5.74, 6) is -0.00851. The summed E-state index contributed by atoms with van der Waals surface area (Å²) < 4.78 is 12.8. The number of carbonyl (C=O) groups excluding carboxylic acids is 1. The van der Waals surface area contributed by atoms with Gasteiger partial charge in [-0.15, -0.1) is 0 Å². The Morgan fingerprint density at radius 1 is 1.08 bits per heavy atom. The van der Waals surface area contributed by atoms with E-state index in [1.165, 1.54) is 30.2 Å². The van der Waals surface area contributed by atoms with E-state index in [2.05, 4.69) is 15.3 Å². The molecule has 6 heteroatoms. The van der Waals surface area contributed by atoms with Crippen LogP contribution in [0.2, 0.25) is 0 Å². The van der Waals surface area contributed by atoms with Gasteiger partial charge in [0.05, 0.1) is 11.3 Å². The number of fused-ring (bicyclic) bond motifs is 1. The molecule has 0 aliphatic carbocycles. The van der Waals surface area contributed by atoms with Crippen LogP contribution in [-0.4, -0.2) is 28.2 Å². The molecule has 0 aliphatic heterocycles.